The largest absolute Gasteiger partial charge is 0.368 e. The molecule has 2 aromatic heterocycles. The van der Waals surface area contributed by atoms with E-state index in [1.54, 1.807) is 31.6 Å². The molecule has 2 atom stereocenters. The SMILES string of the molecule is COOOc1ncc2c(N3C[C@@H](C)N[C@H](C)C3)ccc(C(=O)Nc3cc(F)c4nn(C)cc4c3)c2n1. The monoisotopic (exact) mass is 495 g/mol. The number of piperazine rings is 1. The van der Waals surface area contributed by atoms with Crippen LogP contribution in [0.1, 0.15) is 24.2 Å². The van der Waals surface area contributed by atoms with Gasteiger partial charge in [-0.3, -0.25) is 14.4 Å². The van der Waals surface area contributed by atoms with Crippen LogP contribution in [-0.2, 0) is 17.0 Å². The molecule has 1 saturated heterocycles. The number of hydrogen-bond acceptors (Lipinski definition) is 9. The first-order valence-corrected chi connectivity index (χ1v) is 11.4. The molecule has 2 N–H and O–H groups in total. The zero-order chi connectivity index (χ0) is 25.4. The third-order valence-corrected chi connectivity index (χ3v) is 5.96. The highest BCUT2D eigenvalue weighted by Crippen LogP contribution is 2.31. The molecule has 0 aliphatic carbocycles. The predicted octanol–water partition coefficient (Wildman–Crippen LogP) is 2.97. The van der Waals surface area contributed by atoms with Crippen molar-refractivity contribution < 1.29 is 24.0 Å². The maximum atomic E-state index is 14.6. The van der Waals surface area contributed by atoms with Crippen LogP contribution in [0.15, 0.2) is 36.7 Å². The first-order chi connectivity index (χ1) is 17.3. The van der Waals surface area contributed by atoms with Gasteiger partial charge in [-0.05, 0) is 43.2 Å². The second kappa shape index (κ2) is 9.64. The summed E-state index contributed by atoms with van der Waals surface area (Å²) >= 11 is 0. The van der Waals surface area contributed by atoms with Crippen molar-refractivity contribution in [3.63, 3.8) is 0 Å². The fraction of sp³-hybridized carbons (Fsp3) is 0.333. The molecule has 5 rings (SSSR count). The van der Waals surface area contributed by atoms with Gasteiger partial charge in [0.05, 0.1) is 18.2 Å². The van der Waals surface area contributed by atoms with Crippen LogP contribution in [0.25, 0.3) is 21.8 Å². The standard InChI is InChI=1S/C24H26FN7O4/c1-13-10-32(11-14(2)27-13)20-6-5-17(22-18(20)9-26-24(29-22)35-36-34-4)23(33)28-16-7-15-12-31(3)30-21(15)19(25)8-16/h5-9,12-14,27H,10-11H2,1-4H3,(H,28,33)/t13-,14-/m1/s1. The van der Waals surface area contributed by atoms with Crippen molar-refractivity contribution in [2.45, 2.75) is 25.9 Å². The maximum absolute atomic E-state index is 14.6. The second-order valence-electron chi connectivity index (χ2n) is 8.89. The number of amides is 1. The Balaban J connectivity index is 1.54. The van der Waals surface area contributed by atoms with Crippen LogP contribution in [0.3, 0.4) is 0 Å². The highest BCUT2D eigenvalue weighted by atomic mass is 19.1. The van der Waals surface area contributed by atoms with Gasteiger partial charge in [-0.2, -0.15) is 15.0 Å². The van der Waals surface area contributed by atoms with Crippen molar-refractivity contribution in [1.29, 1.82) is 0 Å². The Kier molecular flexibility index (Phi) is 6.39. The smallest absolute Gasteiger partial charge is 0.357 e. The van der Waals surface area contributed by atoms with E-state index >= 15 is 0 Å². The van der Waals surface area contributed by atoms with Crippen molar-refractivity contribution in [3.8, 4) is 6.01 Å². The van der Waals surface area contributed by atoms with Gasteiger partial charge in [0.15, 0.2) is 5.82 Å². The molecule has 1 fully saturated rings. The van der Waals surface area contributed by atoms with Crippen LogP contribution < -0.4 is 20.4 Å². The van der Waals surface area contributed by atoms with Crippen molar-refractivity contribution in [2.24, 2.45) is 7.05 Å². The molecule has 1 aliphatic rings. The van der Waals surface area contributed by atoms with Gasteiger partial charge in [-0.25, -0.2) is 9.37 Å². The van der Waals surface area contributed by atoms with Crippen molar-refractivity contribution in [1.82, 2.24) is 25.1 Å². The minimum Gasteiger partial charge on any atom is -0.368 e. The third kappa shape index (κ3) is 4.65. The average Bonchev–Trinajstić information content (AvgIpc) is 3.22. The van der Waals surface area contributed by atoms with E-state index in [9.17, 15) is 9.18 Å². The number of benzene rings is 2. The number of carbonyl (C=O) groups is 1. The summed E-state index contributed by atoms with van der Waals surface area (Å²) in [7, 11) is 2.99. The van der Waals surface area contributed by atoms with Gasteiger partial charge in [-0.1, -0.05) is 0 Å². The van der Waals surface area contributed by atoms with Crippen LogP contribution in [0.2, 0.25) is 0 Å². The van der Waals surface area contributed by atoms with Crippen molar-refractivity contribution in [3.05, 3.63) is 48.0 Å². The van der Waals surface area contributed by atoms with E-state index in [-0.39, 0.29) is 29.2 Å². The normalized spacial score (nSPS) is 18.1. The van der Waals surface area contributed by atoms with E-state index in [2.05, 4.69) is 54.4 Å². The Morgan fingerprint density at radius 2 is 1.97 bits per heavy atom. The summed E-state index contributed by atoms with van der Waals surface area (Å²) in [6.45, 7) is 5.80. The van der Waals surface area contributed by atoms with E-state index < -0.39 is 11.7 Å². The molecular formula is C24H26FN7O4. The number of carbonyl (C=O) groups excluding carboxylic acids is 1. The molecule has 12 heteroatoms. The quantitative estimate of drug-likeness (QED) is 0.308. The molecule has 0 saturated carbocycles. The number of hydrogen-bond donors (Lipinski definition) is 2. The first kappa shape index (κ1) is 23.9. The minimum absolute atomic E-state index is 0.125. The summed E-state index contributed by atoms with van der Waals surface area (Å²) in [6, 6.07) is 6.91. The molecule has 11 nitrogen and oxygen atoms in total. The molecule has 0 unspecified atom stereocenters. The number of nitrogens with zero attached hydrogens (tertiary/aromatic N) is 5. The Bertz CT molecular complexity index is 1430. The van der Waals surface area contributed by atoms with E-state index in [0.717, 1.165) is 18.8 Å². The summed E-state index contributed by atoms with van der Waals surface area (Å²) in [5, 5.41) is 16.1. The lowest BCUT2D eigenvalue weighted by Crippen LogP contribution is -2.54. The number of halogens is 1. The van der Waals surface area contributed by atoms with E-state index in [1.165, 1.54) is 17.9 Å². The Labute approximate surface area is 206 Å². The molecule has 36 heavy (non-hydrogen) atoms. The van der Waals surface area contributed by atoms with Crippen molar-refractivity contribution >= 4 is 39.1 Å². The molecule has 0 spiro atoms. The van der Waals surface area contributed by atoms with Crippen LogP contribution in [0, 0.1) is 5.82 Å². The zero-order valence-electron chi connectivity index (χ0n) is 20.3. The fourth-order valence-electron chi connectivity index (χ4n) is 4.66. The van der Waals surface area contributed by atoms with Crippen LogP contribution in [-0.4, -0.2) is 57.9 Å². The lowest BCUT2D eigenvalue weighted by Gasteiger charge is -2.38. The first-order valence-electron chi connectivity index (χ1n) is 11.4. The highest BCUT2D eigenvalue weighted by molar-refractivity contribution is 6.14. The molecule has 3 heterocycles. The Morgan fingerprint density at radius 3 is 2.72 bits per heavy atom. The predicted molar refractivity (Wildman–Crippen MR) is 131 cm³/mol. The van der Waals surface area contributed by atoms with Crippen LogP contribution in [0.4, 0.5) is 15.8 Å². The molecule has 1 amide bonds. The minimum atomic E-state index is -0.528. The Morgan fingerprint density at radius 1 is 1.19 bits per heavy atom. The molecule has 188 valence electrons. The fourth-order valence-corrected chi connectivity index (χ4v) is 4.66. The molecule has 4 aromatic rings. The number of anilines is 2. The maximum Gasteiger partial charge on any atom is 0.357 e. The number of fused-ring (bicyclic) bond motifs is 2. The van der Waals surface area contributed by atoms with E-state index in [4.69, 9.17) is 4.89 Å². The molecule has 0 bridgehead atoms. The van der Waals surface area contributed by atoms with Crippen LogP contribution >= 0.6 is 0 Å². The number of aryl methyl sites for hydroxylation is 1. The lowest BCUT2D eigenvalue weighted by molar-refractivity contribution is -0.456. The lowest BCUT2D eigenvalue weighted by atomic mass is 10.0. The third-order valence-electron chi connectivity index (χ3n) is 5.96. The van der Waals surface area contributed by atoms with Gasteiger partial charge in [-0.15, -0.1) is 0 Å². The summed E-state index contributed by atoms with van der Waals surface area (Å²) < 4.78 is 16.1. The molecule has 0 radical (unpaired) electrons. The van der Waals surface area contributed by atoms with Gasteiger partial charge in [0.25, 0.3) is 5.91 Å². The highest BCUT2D eigenvalue weighted by Gasteiger charge is 2.25. The van der Waals surface area contributed by atoms with Gasteiger partial charge in [0.2, 0.25) is 0 Å². The van der Waals surface area contributed by atoms with Crippen LogP contribution in [0.5, 0.6) is 6.01 Å². The summed E-state index contributed by atoms with van der Waals surface area (Å²) in [4.78, 5) is 33.6. The zero-order valence-corrected chi connectivity index (χ0v) is 20.3. The van der Waals surface area contributed by atoms with Gasteiger partial charge >= 0.3 is 6.01 Å². The van der Waals surface area contributed by atoms with E-state index in [1.807, 2.05) is 6.07 Å². The van der Waals surface area contributed by atoms with E-state index in [0.29, 0.717) is 22.0 Å². The molecular weight excluding hydrogens is 469 g/mol. The average molecular weight is 496 g/mol. The number of rotatable bonds is 6. The number of aromatic nitrogens is 4. The van der Waals surface area contributed by atoms with Gasteiger partial charge < -0.3 is 15.5 Å². The summed E-state index contributed by atoms with van der Waals surface area (Å²) in [5.74, 6) is -0.992. The molecule has 1 aliphatic heterocycles. The number of nitrogens with one attached hydrogen (secondary N) is 2. The van der Waals surface area contributed by atoms with Gasteiger partial charge in [0.1, 0.15) is 5.52 Å². The second-order valence-corrected chi connectivity index (χ2v) is 8.89. The van der Waals surface area contributed by atoms with Gasteiger partial charge in [0, 0.05) is 66.8 Å². The summed E-state index contributed by atoms with van der Waals surface area (Å²) in [6.07, 6.45) is 3.27. The topological polar surface area (TPSA) is 116 Å². The Hall–Kier alpha value is -3.87. The summed E-state index contributed by atoms with van der Waals surface area (Å²) in [5.41, 5.74) is 2.05. The molecule has 2 aromatic carbocycles. The van der Waals surface area contributed by atoms with Crippen molar-refractivity contribution in [2.75, 3.05) is 30.4 Å².